The zero-order valence-electron chi connectivity index (χ0n) is 9.51. The molecule has 1 rings (SSSR count). The fourth-order valence-electron chi connectivity index (χ4n) is 0.839. The summed E-state index contributed by atoms with van der Waals surface area (Å²) < 4.78 is 15.1. The first-order valence-electron chi connectivity index (χ1n) is 5.10. The molecule has 76 valence electrons. The van der Waals surface area contributed by atoms with Crippen LogP contribution in [0.5, 0.6) is 0 Å². The average Bonchev–Trinajstić information content (AvgIpc) is 2.27. The van der Waals surface area contributed by atoms with E-state index in [1.165, 1.54) is 0 Å². The molecule has 1 aromatic carbocycles. The van der Waals surface area contributed by atoms with Gasteiger partial charge in [-0.1, -0.05) is 30.3 Å². The lowest BCUT2D eigenvalue weighted by atomic mass is 10.2. The van der Waals surface area contributed by atoms with Crippen LogP contribution in [0.2, 0.25) is 0 Å². The molecule has 1 unspecified atom stereocenters. The van der Waals surface area contributed by atoms with E-state index in [1.54, 1.807) is 0 Å². The lowest BCUT2D eigenvalue weighted by molar-refractivity contribution is -0.137. The highest BCUT2D eigenvalue weighted by molar-refractivity contribution is 7.98. The van der Waals surface area contributed by atoms with Crippen LogP contribution >= 0.6 is 11.8 Å². The van der Waals surface area contributed by atoms with E-state index in [0.29, 0.717) is 5.75 Å². The molecule has 0 saturated carbocycles. The second-order valence-corrected chi connectivity index (χ2v) is 3.52. The molecule has 0 heterocycles. The number of benzene rings is 1. The summed E-state index contributed by atoms with van der Waals surface area (Å²) in [6, 6.07) is 7.77. The molecule has 0 spiro atoms. The summed E-state index contributed by atoms with van der Waals surface area (Å²) in [6.45, 7) is 0. The van der Waals surface area contributed by atoms with Gasteiger partial charge >= 0.3 is 5.97 Å². The molecule has 1 aromatic rings. The second-order valence-electron chi connectivity index (χ2n) is 2.71. The molecule has 0 aliphatic heterocycles. The van der Waals surface area contributed by atoms with E-state index in [1.807, 2.05) is 30.3 Å². The molecule has 0 aliphatic rings. The molecular formula is C10H13NO2S. The third-order valence-electron chi connectivity index (χ3n) is 1.56. The Labute approximate surface area is 90.1 Å². The van der Waals surface area contributed by atoms with Gasteiger partial charge in [0.05, 0.1) is 0 Å². The fraction of sp³-hybridized carbons (Fsp3) is 0.300. The van der Waals surface area contributed by atoms with Crippen molar-refractivity contribution >= 4 is 17.7 Å². The number of carboxylic acids is 1. The van der Waals surface area contributed by atoms with Gasteiger partial charge in [-0.15, -0.1) is 0 Å². The van der Waals surface area contributed by atoms with Crippen molar-refractivity contribution in [3.8, 4) is 0 Å². The summed E-state index contributed by atoms with van der Waals surface area (Å²) in [5.74, 6) is -0.931. The van der Waals surface area contributed by atoms with Crippen molar-refractivity contribution in [2.75, 3.05) is 5.70 Å². The van der Waals surface area contributed by atoms with Crippen molar-refractivity contribution in [1.29, 1.82) is 0 Å². The first kappa shape index (κ1) is 8.32. The van der Waals surface area contributed by atoms with Crippen LogP contribution in [0.15, 0.2) is 30.3 Å². The average molecular weight is 213 g/mol. The van der Waals surface area contributed by atoms with E-state index >= 15 is 0 Å². The Balaban J connectivity index is 2.57. The molecule has 0 radical (unpaired) electrons. The number of carboxylic acid groups (broad SMARTS) is 1. The minimum atomic E-state index is -1.97. The summed E-state index contributed by atoms with van der Waals surface area (Å²) in [7, 11) is 0. The number of hydrogen-bond acceptors (Lipinski definition) is 3. The van der Waals surface area contributed by atoms with Gasteiger partial charge in [-0.25, -0.2) is 0 Å². The topological polar surface area (TPSA) is 63.3 Å². The molecule has 1 atom stereocenters. The van der Waals surface area contributed by atoms with Crippen LogP contribution in [0, 0.1) is 0 Å². The van der Waals surface area contributed by atoms with Gasteiger partial charge in [0.1, 0.15) is 6.04 Å². The molecule has 0 aromatic heterocycles. The molecule has 4 heteroatoms. The standard InChI is InChI=1S/C10H13NO2S/c11-9(10(12)13)7-14-6-8-4-2-1-3-5-8/h1-5,9H,6-7,11H2,(H,12,13)/i7D2. The fourth-order valence-corrected chi connectivity index (χ4v) is 1.56. The van der Waals surface area contributed by atoms with E-state index in [2.05, 4.69) is 0 Å². The summed E-state index contributed by atoms with van der Waals surface area (Å²) in [6.07, 6.45) is 0. The lowest BCUT2D eigenvalue weighted by Crippen LogP contribution is -2.32. The predicted molar refractivity (Wildman–Crippen MR) is 58.2 cm³/mol. The molecule has 0 fully saturated rings. The maximum absolute atomic E-state index is 10.6. The van der Waals surface area contributed by atoms with Gasteiger partial charge in [-0.2, -0.15) is 11.8 Å². The third-order valence-corrected chi connectivity index (χ3v) is 2.46. The summed E-state index contributed by atoms with van der Waals surface area (Å²) in [4.78, 5) is 10.6. The van der Waals surface area contributed by atoms with Gasteiger partial charge in [-0.3, -0.25) is 4.79 Å². The minimum Gasteiger partial charge on any atom is -0.480 e. The van der Waals surface area contributed by atoms with Gasteiger partial charge in [-0.05, 0) is 5.56 Å². The number of hydrogen-bond donors (Lipinski definition) is 2. The Bertz CT molecular complexity index is 359. The van der Waals surface area contributed by atoms with E-state index in [9.17, 15) is 4.79 Å². The SMILES string of the molecule is [2H]C([2H])(SCc1ccccc1)C(N)C(=O)O. The highest BCUT2D eigenvalue weighted by Gasteiger charge is 2.10. The molecule has 3 nitrogen and oxygen atoms in total. The van der Waals surface area contributed by atoms with Crippen LogP contribution in [-0.2, 0) is 10.5 Å². The summed E-state index contributed by atoms with van der Waals surface area (Å²) in [5.41, 5.74) is 4.23. The number of nitrogens with two attached hydrogens (primary N) is 1. The zero-order chi connectivity index (χ0) is 12.2. The highest BCUT2D eigenvalue weighted by atomic mass is 32.2. The van der Waals surface area contributed by atoms with Crippen molar-refractivity contribution in [3.63, 3.8) is 0 Å². The van der Waals surface area contributed by atoms with Gasteiger partial charge in [0.25, 0.3) is 0 Å². The number of carbonyl (C=O) groups is 1. The summed E-state index contributed by atoms with van der Waals surface area (Å²) >= 11 is 0.896. The Hall–Kier alpha value is -1.00. The zero-order valence-corrected chi connectivity index (χ0v) is 8.33. The monoisotopic (exact) mass is 213 g/mol. The van der Waals surface area contributed by atoms with Crippen molar-refractivity contribution < 1.29 is 12.6 Å². The van der Waals surface area contributed by atoms with E-state index < -0.39 is 17.7 Å². The first-order chi connectivity index (χ1) is 7.43. The Morgan fingerprint density at radius 3 is 2.79 bits per heavy atom. The molecular weight excluding hydrogens is 198 g/mol. The number of aliphatic carboxylic acids is 1. The normalized spacial score (nSPS) is 15.5. The molecule has 3 N–H and O–H groups in total. The lowest BCUT2D eigenvalue weighted by Gasteiger charge is -2.05. The van der Waals surface area contributed by atoms with Crippen LogP contribution in [0.25, 0.3) is 0 Å². The Morgan fingerprint density at radius 1 is 1.57 bits per heavy atom. The predicted octanol–water partition coefficient (Wildman–Crippen LogP) is 1.33. The largest absolute Gasteiger partial charge is 0.480 e. The highest BCUT2D eigenvalue weighted by Crippen LogP contribution is 2.11. The van der Waals surface area contributed by atoms with Crippen molar-refractivity contribution in [2.24, 2.45) is 5.73 Å². The minimum absolute atomic E-state index is 0.398. The molecule has 0 bridgehead atoms. The molecule has 0 saturated heterocycles. The Kier molecular flexibility index (Phi) is 3.37. The smallest absolute Gasteiger partial charge is 0.321 e. The van der Waals surface area contributed by atoms with Crippen LogP contribution in [0.1, 0.15) is 8.30 Å². The molecule has 0 aliphatic carbocycles. The molecule has 14 heavy (non-hydrogen) atoms. The van der Waals surface area contributed by atoms with E-state index in [-0.39, 0.29) is 0 Å². The van der Waals surface area contributed by atoms with Crippen molar-refractivity contribution in [2.45, 2.75) is 11.8 Å². The van der Waals surface area contributed by atoms with Gasteiger partial charge in [0.15, 0.2) is 0 Å². The maximum atomic E-state index is 10.6. The van der Waals surface area contributed by atoms with E-state index in [0.717, 1.165) is 17.3 Å². The molecule has 0 amide bonds. The summed E-state index contributed by atoms with van der Waals surface area (Å²) in [5, 5.41) is 8.64. The van der Waals surface area contributed by atoms with Crippen LogP contribution in [0.3, 0.4) is 0 Å². The van der Waals surface area contributed by atoms with E-state index in [4.69, 9.17) is 13.6 Å². The Morgan fingerprint density at radius 2 is 2.21 bits per heavy atom. The number of thioether (sulfide) groups is 1. The van der Waals surface area contributed by atoms with Gasteiger partial charge < -0.3 is 10.8 Å². The van der Waals surface area contributed by atoms with Gasteiger partial charge in [0, 0.05) is 14.2 Å². The van der Waals surface area contributed by atoms with Crippen molar-refractivity contribution in [3.05, 3.63) is 35.9 Å². The third kappa shape index (κ3) is 3.81. The van der Waals surface area contributed by atoms with Crippen LogP contribution in [0.4, 0.5) is 0 Å². The number of rotatable bonds is 5. The van der Waals surface area contributed by atoms with Crippen LogP contribution in [-0.4, -0.2) is 22.8 Å². The van der Waals surface area contributed by atoms with Crippen LogP contribution < -0.4 is 5.73 Å². The van der Waals surface area contributed by atoms with Crippen molar-refractivity contribution in [1.82, 2.24) is 0 Å². The van der Waals surface area contributed by atoms with Gasteiger partial charge in [0.2, 0.25) is 0 Å². The quantitative estimate of drug-likeness (QED) is 0.774. The maximum Gasteiger partial charge on any atom is 0.321 e. The second kappa shape index (κ2) is 5.67. The first-order valence-corrected chi connectivity index (χ1v) is 5.08.